The van der Waals surface area contributed by atoms with Crippen LogP contribution in [0.4, 0.5) is 4.39 Å². The van der Waals surface area contributed by atoms with Crippen molar-refractivity contribution in [3.8, 4) is 0 Å². The normalized spacial score (nSPS) is 44.3. The highest BCUT2D eigenvalue weighted by Gasteiger charge is 2.48. The van der Waals surface area contributed by atoms with Crippen molar-refractivity contribution in [2.24, 2.45) is 11.7 Å². The van der Waals surface area contributed by atoms with Gasteiger partial charge in [-0.3, -0.25) is 0 Å². The number of rotatable bonds is 1. The molecule has 2 aliphatic carbocycles. The Balaban J connectivity index is 1.68. The van der Waals surface area contributed by atoms with E-state index in [1.165, 1.54) is 12.8 Å². The Morgan fingerprint density at radius 2 is 1.67 bits per heavy atom. The number of halogens is 1. The van der Waals surface area contributed by atoms with Gasteiger partial charge < -0.3 is 10.5 Å². The molecule has 18 heavy (non-hydrogen) atoms. The fourth-order valence-electron chi connectivity index (χ4n) is 4.37. The third kappa shape index (κ3) is 2.32. The van der Waals surface area contributed by atoms with E-state index >= 15 is 4.39 Å². The first-order valence-electron chi connectivity index (χ1n) is 7.70. The predicted octanol–water partition coefficient (Wildman–Crippen LogP) is 3.34. The van der Waals surface area contributed by atoms with E-state index in [1.807, 2.05) is 0 Å². The summed E-state index contributed by atoms with van der Waals surface area (Å²) in [5.41, 5.74) is 5.00. The number of ether oxygens (including phenoxy) is 1. The van der Waals surface area contributed by atoms with Gasteiger partial charge in [0.25, 0.3) is 0 Å². The molecular weight excluding hydrogens is 229 g/mol. The number of hydrogen-bond donors (Lipinski definition) is 1. The molecule has 1 saturated heterocycles. The Labute approximate surface area is 109 Å². The minimum Gasteiger partial charge on any atom is -0.375 e. The number of nitrogens with two attached hydrogens (primary N) is 1. The monoisotopic (exact) mass is 255 g/mol. The van der Waals surface area contributed by atoms with Gasteiger partial charge in [0, 0.05) is 12.6 Å². The van der Waals surface area contributed by atoms with Crippen LogP contribution in [-0.4, -0.2) is 23.9 Å². The second-order valence-electron chi connectivity index (χ2n) is 6.80. The molecule has 1 atom stereocenters. The van der Waals surface area contributed by atoms with E-state index in [9.17, 15) is 0 Å². The van der Waals surface area contributed by atoms with Crippen LogP contribution in [0.2, 0.25) is 0 Å². The van der Waals surface area contributed by atoms with Crippen LogP contribution in [0.3, 0.4) is 0 Å². The fourth-order valence-corrected chi connectivity index (χ4v) is 4.37. The number of hydrogen-bond acceptors (Lipinski definition) is 2. The summed E-state index contributed by atoms with van der Waals surface area (Å²) >= 11 is 0. The summed E-state index contributed by atoms with van der Waals surface area (Å²) in [6, 6.07) is 0.231. The summed E-state index contributed by atoms with van der Waals surface area (Å²) in [4.78, 5) is 0. The third-order valence-electron chi connectivity index (χ3n) is 5.60. The van der Waals surface area contributed by atoms with Gasteiger partial charge in [0.15, 0.2) is 0 Å². The first-order valence-corrected chi connectivity index (χ1v) is 7.70. The first kappa shape index (κ1) is 12.9. The molecule has 0 aromatic carbocycles. The van der Waals surface area contributed by atoms with Crippen molar-refractivity contribution in [2.75, 3.05) is 6.61 Å². The molecule has 1 unspecified atom stereocenters. The zero-order chi connectivity index (χ0) is 12.6. The minimum absolute atomic E-state index is 0.0432. The van der Waals surface area contributed by atoms with Crippen molar-refractivity contribution in [2.45, 2.75) is 81.5 Å². The van der Waals surface area contributed by atoms with Crippen LogP contribution in [-0.2, 0) is 4.74 Å². The lowest BCUT2D eigenvalue weighted by atomic mass is 9.69. The SMILES string of the molecule is NC1CCC(F)(C2CCOC3(CCCC3)C2)CC1. The lowest BCUT2D eigenvalue weighted by molar-refractivity contribution is -0.127. The summed E-state index contributed by atoms with van der Waals surface area (Å²) in [7, 11) is 0. The van der Waals surface area contributed by atoms with E-state index in [2.05, 4.69) is 0 Å². The Morgan fingerprint density at radius 1 is 1.00 bits per heavy atom. The van der Waals surface area contributed by atoms with Gasteiger partial charge in [0.1, 0.15) is 5.67 Å². The summed E-state index contributed by atoms with van der Waals surface area (Å²) in [6.45, 7) is 0.766. The van der Waals surface area contributed by atoms with Gasteiger partial charge in [-0.25, -0.2) is 4.39 Å². The molecule has 2 nitrogen and oxygen atoms in total. The first-order chi connectivity index (χ1) is 8.62. The lowest BCUT2D eigenvalue weighted by Gasteiger charge is -2.46. The molecule has 3 rings (SSSR count). The third-order valence-corrected chi connectivity index (χ3v) is 5.60. The molecular formula is C15H26FNO. The smallest absolute Gasteiger partial charge is 0.114 e. The average Bonchev–Trinajstić information content (AvgIpc) is 2.81. The van der Waals surface area contributed by atoms with Gasteiger partial charge in [-0.2, -0.15) is 0 Å². The molecule has 0 bridgehead atoms. The molecule has 1 heterocycles. The van der Waals surface area contributed by atoms with Gasteiger partial charge in [0.2, 0.25) is 0 Å². The van der Waals surface area contributed by atoms with Crippen LogP contribution < -0.4 is 5.73 Å². The van der Waals surface area contributed by atoms with Crippen molar-refractivity contribution in [1.82, 2.24) is 0 Å². The maximum atomic E-state index is 15.2. The quantitative estimate of drug-likeness (QED) is 0.780. The van der Waals surface area contributed by atoms with E-state index in [0.29, 0.717) is 12.8 Å². The van der Waals surface area contributed by atoms with Crippen molar-refractivity contribution in [3.05, 3.63) is 0 Å². The molecule has 3 fully saturated rings. The second-order valence-corrected chi connectivity index (χ2v) is 6.80. The highest BCUT2D eigenvalue weighted by Crippen LogP contribution is 2.49. The molecule has 0 amide bonds. The highest BCUT2D eigenvalue weighted by molar-refractivity contribution is 5.00. The maximum Gasteiger partial charge on any atom is 0.114 e. The average molecular weight is 255 g/mol. The van der Waals surface area contributed by atoms with E-state index in [1.54, 1.807) is 0 Å². The Morgan fingerprint density at radius 3 is 2.33 bits per heavy atom. The molecule has 2 saturated carbocycles. The summed E-state index contributed by atoms with van der Waals surface area (Å²) < 4.78 is 21.2. The Bertz CT molecular complexity index is 293. The van der Waals surface area contributed by atoms with Crippen LogP contribution >= 0.6 is 0 Å². The van der Waals surface area contributed by atoms with Gasteiger partial charge in [-0.15, -0.1) is 0 Å². The second kappa shape index (κ2) is 4.75. The largest absolute Gasteiger partial charge is 0.375 e. The molecule has 3 aliphatic rings. The summed E-state index contributed by atoms with van der Waals surface area (Å²) in [5.74, 6) is 0.219. The zero-order valence-electron chi connectivity index (χ0n) is 11.3. The zero-order valence-corrected chi connectivity index (χ0v) is 11.3. The van der Waals surface area contributed by atoms with Gasteiger partial charge in [-0.1, -0.05) is 12.8 Å². The van der Waals surface area contributed by atoms with E-state index in [4.69, 9.17) is 10.5 Å². The Hall–Kier alpha value is -0.150. The molecule has 1 spiro atoms. The van der Waals surface area contributed by atoms with Gasteiger partial charge in [0.05, 0.1) is 5.60 Å². The van der Waals surface area contributed by atoms with Crippen LogP contribution in [0.5, 0.6) is 0 Å². The molecule has 2 N–H and O–H groups in total. The van der Waals surface area contributed by atoms with Crippen molar-refractivity contribution >= 4 is 0 Å². The predicted molar refractivity (Wildman–Crippen MR) is 70.2 cm³/mol. The van der Waals surface area contributed by atoms with E-state index < -0.39 is 5.67 Å². The molecule has 0 aromatic heterocycles. The molecule has 1 aliphatic heterocycles. The molecule has 3 heteroatoms. The molecule has 0 radical (unpaired) electrons. The van der Waals surface area contributed by atoms with Gasteiger partial charge in [-0.05, 0) is 57.3 Å². The lowest BCUT2D eigenvalue weighted by Crippen LogP contribution is -2.48. The van der Waals surface area contributed by atoms with Crippen molar-refractivity contribution < 1.29 is 9.13 Å². The summed E-state index contributed by atoms with van der Waals surface area (Å²) in [6.07, 6.45) is 9.77. The van der Waals surface area contributed by atoms with Gasteiger partial charge >= 0.3 is 0 Å². The number of alkyl halides is 1. The van der Waals surface area contributed by atoms with Crippen LogP contribution in [0.15, 0.2) is 0 Å². The standard InChI is InChI=1S/C15H26FNO/c16-15(8-3-13(17)4-9-15)12-5-10-18-14(11-12)6-1-2-7-14/h12-13H,1-11,17H2. The van der Waals surface area contributed by atoms with Crippen LogP contribution in [0.1, 0.15) is 64.2 Å². The van der Waals surface area contributed by atoms with Crippen LogP contribution in [0, 0.1) is 5.92 Å². The molecule has 0 aromatic rings. The van der Waals surface area contributed by atoms with Crippen molar-refractivity contribution in [1.29, 1.82) is 0 Å². The highest BCUT2D eigenvalue weighted by atomic mass is 19.1. The minimum atomic E-state index is -0.949. The topological polar surface area (TPSA) is 35.2 Å². The maximum absolute atomic E-state index is 15.2. The van der Waals surface area contributed by atoms with E-state index in [-0.39, 0.29) is 17.6 Å². The van der Waals surface area contributed by atoms with E-state index in [0.717, 1.165) is 45.1 Å². The summed E-state index contributed by atoms with van der Waals surface area (Å²) in [5, 5.41) is 0. The molecule has 104 valence electrons. The van der Waals surface area contributed by atoms with Crippen LogP contribution in [0.25, 0.3) is 0 Å². The van der Waals surface area contributed by atoms with Crippen molar-refractivity contribution in [3.63, 3.8) is 0 Å². The Kier molecular flexibility index (Phi) is 3.39. The fraction of sp³-hybridized carbons (Fsp3) is 1.00.